The van der Waals surface area contributed by atoms with Crippen LogP contribution in [0.2, 0.25) is 0 Å². The first-order chi connectivity index (χ1) is 17.7. The van der Waals surface area contributed by atoms with Gasteiger partial charge in [-0.15, -0.1) is 0 Å². The van der Waals surface area contributed by atoms with Gasteiger partial charge in [-0.3, -0.25) is 14.8 Å². The summed E-state index contributed by atoms with van der Waals surface area (Å²) in [5.41, 5.74) is 6.90. The number of pyridine rings is 1. The van der Waals surface area contributed by atoms with Gasteiger partial charge in [0.1, 0.15) is 11.4 Å². The number of piperazine rings is 1. The Hall–Kier alpha value is -3.98. The predicted octanol–water partition coefficient (Wildman–Crippen LogP) is 3.46. The molecule has 4 heterocycles. The number of aromatic nitrogens is 3. The van der Waals surface area contributed by atoms with Crippen LogP contribution >= 0.6 is 0 Å². The highest BCUT2D eigenvalue weighted by atomic mass is 16.5. The molecule has 0 radical (unpaired) electrons. The van der Waals surface area contributed by atoms with E-state index >= 15 is 0 Å². The van der Waals surface area contributed by atoms with Crippen LogP contribution in [0.25, 0.3) is 5.70 Å². The molecule has 0 unspecified atom stereocenters. The van der Waals surface area contributed by atoms with Crippen LogP contribution in [0, 0.1) is 0 Å². The minimum Gasteiger partial charge on any atom is -0.497 e. The number of benzene rings is 1. The smallest absolute Gasteiger partial charge is 0.276 e. The predicted molar refractivity (Wildman–Crippen MR) is 139 cm³/mol. The summed E-state index contributed by atoms with van der Waals surface area (Å²) in [5.74, 6) is 1.20. The maximum Gasteiger partial charge on any atom is 0.276 e. The lowest BCUT2D eigenvalue weighted by Crippen LogP contribution is -2.43. The Morgan fingerprint density at radius 1 is 1.08 bits per heavy atom. The summed E-state index contributed by atoms with van der Waals surface area (Å²) in [6.07, 6.45) is 10.0. The molecule has 0 atom stereocenters. The summed E-state index contributed by atoms with van der Waals surface area (Å²) < 4.78 is 5.49. The average Bonchev–Trinajstić information content (AvgIpc) is 3.27. The average molecular weight is 484 g/mol. The molecule has 0 bridgehead atoms. The van der Waals surface area contributed by atoms with Gasteiger partial charge in [-0.2, -0.15) is 0 Å². The summed E-state index contributed by atoms with van der Waals surface area (Å²) in [6, 6.07) is 8.14. The second-order valence-corrected chi connectivity index (χ2v) is 9.26. The Bertz CT molecular complexity index is 1330. The van der Waals surface area contributed by atoms with Crippen LogP contribution < -0.4 is 25.2 Å². The van der Waals surface area contributed by atoms with Gasteiger partial charge in [0.2, 0.25) is 0 Å². The molecule has 6 rings (SSSR count). The molecule has 184 valence electrons. The lowest BCUT2D eigenvalue weighted by molar-refractivity contribution is 0.102. The largest absolute Gasteiger partial charge is 0.497 e. The summed E-state index contributed by atoms with van der Waals surface area (Å²) in [7, 11) is 1.69. The Labute approximate surface area is 210 Å². The first-order valence-electron chi connectivity index (χ1n) is 12.4. The van der Waals surface area contributed by atoms with Crippen molar-refractivity contribution < 1.29 is 9.53 Å². The van der Waals surface area contributed by atoms with Gasteiger partial charge in [0, 0.05) is 43.6 Å². The van der Waals surface area contributed by atoms with Gasteiger partial charge >= 0.3 is 0 Å². The monoisotopic (exact) mass is 483 g/mol. The van der Waals surface area contributed by atoms with Gasteiger partial charge in [0.05, 0.1) is 43.6 Å². The zero-order valence-corrected chi connectivity index (χ0v) is 20.3. The molecule has 2 aliphatic heterocycles. The Morgan fingerprint density at radius 2 is 1.94 bits per heavy atom. The van der Waals surface area contributed by atoms with Crippen LogP contribution in [0.5, 0.6) is 5.75 Å². The van der Waals surface area contributed by atoms with Crippen molar-refractivity contribution >= 4 is 28.8 Å². The van der Waals surface area contributed by atoms with Crippen molar-refractivity contribution in [1.29, 1.82) is 0 Å². The highest BCUT2D eigenvalue weighted by molar-refractivity contribution is 6.04. The maximum atomic E-state index is 13.3. The van der Waals surface area contributed by atoms with Gasteiger partial charge in [-0.1, -0.05) is 6.07 Å². The number of carbonyl (C=O) groups is 1. The lowest BCUT2D eigenvalue weighted by Gasteiger charge is -2.30. The van der Waals surface area contributed by atoms with Crippen LogP contribution in [0.4, 0.5) is 17.2 Å². The third-order valence-electron chi connectivity index (χ3n) is 7.10. The van der Waals surface area contributed by atoms with E-state index in [-0.39, 0.29) is 11.6 Å². The van der Waals surface area contributed by atoms with E-state index in [1.165, 1.54) is 35.0 Å². The van der Waals surface area contributed by atoms with Crippen LogP contribution in [0.15, 0.2) is 54.6 Å². The van der Waals surface area contributed by atoms with Crippen molar-refractivity contribution in [2.45, 2.75) is 25.8 Å². The minimum absolute atomic E-state index is 0.272. The molecule has 36 heavy (non-hydrogen) atoms. The van der Waals surface area contributed by atoms with Gasteiger partial charge in [0.15, 0.2) is 5.82 Å². The fourth-order valence-electron chi connectivity index (χ4n) is 5.05. The summed E-state index contributed by atoms with van der Waals surface area (Å²) in [6.45, 7) is 4.25. The molecule has 1 aromatic carbocycles. The SMILES string of the molecule is COc1ccc2c(c1)C(=C1CCC1)N(c1cncc(C(=O)Nc3cnccc3N3CCNCC3)n1)C2. The summed E-state index contributed by atoms with van der Waals surface area (Å²) in [4.78, 5) is 31.1. The molecule has 3 aromatic rings. The number of hydrogen-bond acceptors (Lipinski definition) is 8. The lowest BCUT2D eigenvalue weighted by atomic mass is 9.88. The van der Waals surface area contributed by atoms with E-state index in [1.807, 2.05) is 12.1 Å². The molecule has 1 saturated heterocycles. The number of amides is 1. The summed E-state index contributed by atoms with van der Waals surface area (Å²) in [5, 5.41) is 6.38. The van der Waals surface area contributed by atoms with Crippen molar-refractivity contribution in [2.24, 2.45) is 0 Å². The van der Waals surface area contributed by atoms with Crippen molar-refractivity contribution in [2.75, 3.05) is 48.4 Å². The second kappa shape index (κ2) is 9.58. The van der Waals surface area contributed by atoms with E-state index in [0.29, 0.717) is 18.1 Å². The van der Waals surface area contributed by atoms with Crippen LogP contribution in [-0.4, -0.2) is 54.1 Å². The highest BCUT2D eigenvalue weighted by Crippen LogP contribution is 2.44. The molecule has 3 aliphatic rings. The van der Waals surface area contributed by atoms with E-state index in [2.05, 4.69) is 42.5 Å². The Kier molecular flexibility index (Phi) is 5.98. The van der Waals surface area contributed by atoms with E-state index in [4.69, 9.17) is 9.72 Å². The molecule has 9 heteroatoms. The number of fused-ring (bicyclic) bond motifs is 1. The number of carbonyl (C=O) groups excluding carboxylic acids is 1. The zero-order chi connectivity index (χ0) is 24.5. The molecule has 1 saturated carbocycles. The number of rotatable bonds is 5. The van der Waals surface area contributed by atoms with Gasteiger partial charge in [0.25, 0.3) is 5.91 Å². The number of methoxy groups -OCH3 is 1. The molecular weight excluding hydrogens is 454 g/mol. The van der Waals surface area contributed by atoms with Gasteiger partial charge in [-0.25, -0.2) is 4.98 Å². The molecular formula is C27H29N7O2. The molecule has 0 spiro atoms. The number of anilines is 3. The number of hydrogen-bond donors (Lipinski definition) is 2. The number of nitrogens with one attached hydrogen (secondary N) is 2. The molecule has 2 aromatic heterocycles. The van der Waals surface area contributed by atoms with Crippen molar-refractivity contribution in [1.82, 2.24) is 20.3 Å². The van der Waals surface area contributed by atoms with Crippen LogP contribution in [0.1, 0.15) is 40.9 Å². The van der Waals surface area contributed by atoms with Gasteiger partial charge < -0.3 is 25.2 Å². The quantitative estimate of drug-likeness (QED) is 0.570. The van der Waals surface area contributed by atoms with E-state index in [9.17, 15) is 4.79 Å². The highest BCUT2D eigenvalue weighted by Gasteiger charge is 2.31. The number of ether oxygens (including phenoxy) is 1. The maximum absolute atomic E-state index is 13.3. The molecule has 9 nitrogen and oxygen atoms in total. The van der Waals surface area contributed by atoms with Crippen molar-refractivity contribution in [3.8, 4) is 5.75 Å². The Morgan fingerprint density at radius 3 is 2.72 bits per heavy atom. The first-order valence-corrected chi connectivity index (χ1v) is 12.4. The third kappa shape index (κ3) is 4.15. The first kappa shape index (κ1) is 22.5. The fourth-order valence-corrected chi connectivity index (χ4v) is 5.05. The second-order valence-electron chi connectivity index (χ2n) is 9.26. The molecule has 2 N–H and O–H groups in total. The minimum atomic E-state index is -0.301. The molecule has 1 aliphatic carbocycles. The van der Waals surface area contributed by atoms with Crippen molar-refractivity contribution in [3.05, 3.63) is 71.4 Å². The van der Waals surface area contributed by atoms with Crippen molar-refractivity contribution in [3.63, 3.8) is 0 Å². The van der Waals surface area contributed by atoms with Crippen LogP contribution in [0.3, 0.4) is 0 Å². The van der Waals surface area contributed by atoms with E-state index < -0.39 is 0 Å². The fraction of sp³-hybridized carbons (Fsp3) is 0.333. The third-order valence-corrected chi connectivity index (χ3v) is 7.10. The van der Waals surface area contributed by atoms with E-state index in [1.54, 1.807) is 25.7 Å². The van der Waals surface area contributed by atoms with Gasteiger partial charge in [-0.05, 0) is 48.6 Å². The Balaban J connectivity index is 1.28. The number of allylic oxidation sites excluding steroid dienone is 1. The molecule has 1 amide bonds. The topological polar surface area (TPSA) is 95.5 Å². The van der Waals surface area contributed by atoms with Crippen LogP contribution in [-0.2, 0) is 6.54 Å². The standard InChI is InChI=1S/C27H29N7O2/c1-36-20-6-5-19-17-34(26(21(19)13-20)18-3-2-4-18)25-16-30-15-23(31-25)27(35)32-22-14-29-8-7-24(22)33-11-9-28-10-12-33/h5-8,13-16,28H,2-4,9-12,17H2,1H3,(H,32,35). The number of nitrogens with zero attached hydrogens (tertiary/aromatic N) is 5. The summed E-state index contributed by atoms with van der Waals surface area (Å²) >= 11 is 0. The molecule has 2 fully saturated rings. The van der Waals surface area contributed by atoms with E-state index in [0.717, 1.165) is 50.5 Å². The normalized spacial score (nSPS) is 17.0. The zero-order valence-electron chi connectivity index (χ0n) is 20.3.